The van der Waals surface area contributed by atoms with E-state index in [0.717, 1.165) is 4.88 Å². The van der Waals surface area contributed by atoms with Crippen molar-refractivity contribution >= 4 is 21.4 Å². The zero-order chi connectivity index (χ0) is 15.3. The van der Waals surface area contributed by atoms with E-state index < -0.39 is 15.8 Å². The average Bonchev–Trinajstić information content (AvgIpc) is 2.94. The third-order valence-electron chi connectivity index (χ3n) is 2.94. The van der Waals surface area contributed by atoms with Gasteiger partial charge in [0.2, 0.25) is 10.0 Å². The van der Waals surface area contributed by atoms with Crippen molar-refractivity contribution in [3.8, 4) is 0 Å². The smallest absolute Gasteiger partial charge is 0.240 e. The van der Waals surface area contributed by atoms with E-state index in [4.69, 9.17) is 0 Å². The van der Waals surface area contributed by atoms with Gasteiger partial charge in [-0.15, -0.1) is 11.3 Å². The lowest BCUT2D eigenvalue weighted by molar-refractivity contribution is 0.578. The lowest BCUT2D eigenvalue weighted by Gasteiger charge is -2.09. The molecule has 0 aliphatic heterocycles. The Morgan fingerprint density at radius 2 is 2.10 bits per heavy atom. The van der Waals surface area contributed by atoms with Crippen LogP contribution in [0.25, 0.3) is 0 Å². The molecular formula is C14H17FN2O2S2. The SMILES string of the molecule is CNCc1cc(S(=O)(=O)NCCc2cccs2)ccc1F. The van der Waals surface area contributed by atoms with Gasteiger partial charge in [-0.1, -0.05) is 6.07 Å². The van der Waals surface area contributed by atoms with Crippen LogP contribution in [-0.4, -0.2) is 22.0 Å². The standard InChI is InChI=1S/C14H17FN2O2S2/c1-16-10-11-9-13(4-5-14(11)15)21(18,19)17-7-6-12-3-2-8-20-12/h2-5,8-9,16-17H,6-7,10H2,1H3. The van der Waals surface area contributed by atoms with Gasteiger partial charge in [-0.05, 0) is 43.1 Å². The highest BCUT2D eigenvalue weighted by atomic mass is 32.2. The molecule has 0 bridgehead atoms. The Labute approximate surface area is 128 Å². The summed E-state index contributed by atoms with van der Waals surface area (Å²) < 4.78 is 40.4. The number of hydrogen-bond acceptors (Lipinski definition) is 4. The van der Waals surface area contributed by atoms with Crippen LogP contribution in [0.4, 0.5) is 4.39 Å². The number of halogens is 1. The van der Waals surface area contributed by atoms with Gasteiger partial charge >= 0.3 is 0 Å². The van der Waals surface area contributed by atoms with Gasteiger partial charge in [-0.2, -0.15) is 0 Å². The van der Waals surface area contributed by atoms with Crippen LogP contribution in [0.2, 0.25) is 0 Å². The first-order chi connectivity index (χ1) is 10.0. The van der Waals surface area contributed by atoms with Gasteiger partial charge in [0, 0.05) is 23.5 Å². The highest BCUT2D eigenvalue weighted by Gasteiger charge is 2.15. The minimum absolute atomic E-state index is 0.0836. The predicted molar refractivity (Wildman–Crippen MR) is 82.4 cm³/mol. The first kappa shape index (κ1) is 16.1. The summed E-state index contributed by atoms with van der Waals surface area (Å²) in [6.07, 6.45) is 0.640. The largest absolute Gasteiger partial charge is 0.316 e. The Kier molecular flexibility index (Phi) is 5.46. The van der Waals surface area contributed by atoms with Crippen LogP contribution in [0.5, 0.6) is 0 Å². The van der Waals surface area contributed by atoms with E-state index in [2.05, 4.69) is 10.0 Å². The van der Waals surface area contributed by atoms with E-state index in [-0.39, 0.29) is 11.4 Å². The molecular weight excluding hydrogens is 311 g/mol. The summed E-state index contributed by atoms with van der Waals surface area (Å²) in [6, 6.07) is 7.71. The van der Waals surface area contributed by atoms with Gasteiger partial charge in [0.25, 0.3) is 0 Å². The second-order valence-electron chi connectivity index (χ2n) is 4.51. The lowest BCUT2D eigenvalue weighted by Crippen LogP contribution is -2.26. The summed E-state index contributed by atoms with van der Waals surface area (Å²) in [4.78, 5) is 1.20. The lowest BCUT2D eigenvalue weighted by atomic mass is 10.2. The molecule has 0 saturated heterocycles. The highest BCUT2D eigenvalue weighted by molar-refractivity contribution is 7.89. The summed E-state index contributed by atoms with van der Waals surface area (Å²) in [6.45, 7) is 0.603. The van der Waals surface area contributed by atoms with Crippen LogP contribution in [0, 0.1) is 5.82 Å². The Bertz CT molecular complexity index is 685. The second kappa shape index (κ2) is 7.13. The first-order valence-corrected chi connectivity index (χ1v) is 8.84. The maximum Gasteiger partial charge on any atom is 0.240 e. The van der Waals surface area contributed by atoms with Gasteiger partial charge < -0.3 is 5.32 Å². The summed E-state index contributed by atoms with van der Waals surface area (Å²) in [5.41, 5.74) is 0.332. The van der Waals surface area contributed by atoms with Gasteiger partial charge in [0.15, 0.2) is 0 Å². The average molecular weight is 328 g/mol. The van der Waals surface area contributed by atoms with E-state index >= 15 is 0 Å². The Balaban J connectivity index is 2.06. The third-order valence-corrected chi connectivity index (χ3v) is 5.33. The summed E-state index contributed by atoms with van der Waals surface area (Å²) in [5, 5.41) is 4.76. The van der Waals surface area contributed by atoms with Crippen molar-refractivity contribution in [2.75, 3.05) is 13.6 Å². The van der Waals surface area contributed by atoms with Crippen LogP contribution in [-0.2, 0) is 23.0 Å². The summed E-state index contributed by atoms with van der Waals surface area (Å²) >= 11 is 1.59. The fraction of sp³-hybridized carbons (Fsp3) is 0.286. The number of hydrogen-bond donors (Lipinski definition) is 2. The van der Waals surface area contributed by atoms with Crippen LogP contribution >= 0.6 is 11.3 Å². The van der Waals surface area contributed by atoms with Crippen molar-refractivity contribution in [2.24, 2.45) is 0 Å². The number of nitrogens with one attached hydrogen (secondary N) is 2. The summed E-state index contributed by atoms with van der Waals surface area (Å²) in [5.74, 6) is -0.415. The van der Waals surface area contributed by atoms with Crippen LogP contribution in [0.3, 0.4) is 0 Å². The van der Waals surface area contributed by atoms with Crippen molar-refractivity contribution in [1.29, 1.82) is 0 Å². The van der Waals surface area contributed by atoms with Crippen molar-refractivity contribution in [1.82, 2.24) is 10.0 Å². The zero-order valence-electron chi connectivity index (χ0n) is 11.6. The first-order valence-electron chi connectivity index (χ1n) is 6.48. The zero-order valence-corrected chi connectivity index (χ0v) is 13.2. The Morgan fingerprint density at radius 1 is 1.29 bits per heavy atom. The molecule has 114 valence electrons. The third kappa shape index (κ3) is 4.34. The van der Waals surface area contributed by atoms with Crippen LogP contribution in [0.15, 0.2) is 40.6 Å². The molecule has 0 saturated carbocycles. The molecule has 1 aromatic heterocycles. The molecule has 0 aliphatic rings. The van der Waals surface area contributed by atoms with Crippen molar-refractivity contribution in [3.05, 3.63) is 52.0 Å². The van der Waals surface area contributed by atoms with Crippen molar-refractivity contribution < 1.29 is 12.8 Å². The van der Waals surface area contributed by atoms with E-state index in [9.17, 15) is 12.8 Å². The molecule has 2 rings (SSSR count). The second-order valence-corrected chi connectivity index (χ2v) is 7.31. The van der Waals surface area contributed by atoms with Gasteiger partial charge in [-0.3, -0.25) is 0 Å². The molecule has 2 N–H and O–H groups in total. The fourth-order valence-corrected chi connectivity index (χ4v) is 3.68. The van der Waals surface area contributed by atoms with Crippen molar-refractivity contribution in [3.63, 3.8) is 0 Å². The number of rotatable bonds is 7. The van der Waals surface area contributed by atoms with E-state index in [0.29, 0.717) is 18.5 Å². The predicted octanol–water partition coefficient (Wildman–Crippen LogP) is 2.13. The topological polar surface area (TPSA) is 58.2 Å². The molecule has 1 heterocycles. The maximum atomic E-state index is 13.5. The quantitative estimate of drug-likeness (QED) is 0.818. The van der Waals surface area contributed by atoms with Gasteiger partial charge in [0.05, 0.1) is 4.90 Å². The van der Waals surface area contributed by atoms with E-state index in [1.807, 2.05) is 17.5 Å². The molecule has 0 spiro atoms. The molecule has 0 fully saturated rings. The molecule has 4 nitrogen and oxygen atoms in total. The van der Waals surface area contributed by atoms with Crippen LogP contribution in [0.1, 0.15) is 10.4 Å². The number of benzene rings is 1. The van der Waals surface area contributed by atoms with E-state index in [1.165, 1.54) is 18.2 Å². The Hall–Kier alpha value is -1.28. The number of thiophene rings is 1. The normalized spacial score (nSPS) is 11.7. The van der Waals surface area contributed by atoms with Gasteiger partial charge in [0.1, 0.15) is 5.82 Å². The summed E-state index contributed by atoms with van der Waals surface area (Å²) in [7, 11) is -1.93. The monoisotopic (exact) mass is 328 g/mol. The van der Waals surface area contributed by atoms with E-state index in [1.54, 1.807) is 18.4 Å². The minimum atomic E-state index is -3.61. The molecule has 0 radical (unpaired) electrons. The number of sulfonamides is 1. The van der Waals surface area contributed by atoms with Gasteiger partial charge in [-0.25, -0.2) is 17.5 Å². The fourth-order valence-electron chi connectivity index (χ4n) is 1.89. The minimum Gasteiger partial charge on any atom is -0.316 e. The maximum absolute atomic E-state index is 13.5. The molecule has 2 aromatic rings. The molecule has 1 aromatic carbocycles. The van der Waals surface area contributed by atoms with Crippen molar-refractivity contribution in [2.45, 2.75) is 17.9 Å². The van der Waals surface area contributed by atoms with Crippen LogP contribution < -0.4 is 10.0 Å². The Morgan fingerprint density at radius 3 is 2.76 bits per heavy atom. The molecule has 0 unspecified atom stereocenters. The molecule has 7 heteroatoms. The molecule has 0 aliphatic carbocycles. The molecule has 21 heavy (non-hydrogen) atoms. The highest BCUT2D eigenvalue weighted by Crippen LogP contribution is 2.15. The molecule has 0 atom stereocenters. The molecule has 0 amide bonds.